The maximum Gasteiger partial charge on any atom is 0.361 e. The van der Waals surface area contributed by atoms with Crippen LogP contribution in [0.15, 0.2) is 42.5 Å². The number of carbonyl (C=O) groups excluding carboxylic acids is 1. The van der Waals surface area contributed by atoms with Crippen LogP contribution in [0, 0.1) is 12.7 Å². The molecular formula is C18H15ClFN3O3. The lowest BCUT2D eigenvalue weighted by Gasteiger charge is -2.07. The number of rotatable bonds is 5. The minimum Gasteiger partial charge on any atom is -0.495 e. The Kier molecular flexibility index (Phi) is 5.18. The van der Waals surface area contributed by atoms with Gasteiger partial charge in [0, 0.05) is 0 Å². The van der Waals surface area contributed by atoms with Gasteiger partial charge in [-0.15, -0.1) is 5.10 Å². The molecule has 0 aliphatic rings. The molecule has 0 spiro atoms. The zero-order chi connectivity index (χ0) is 18.7. The molecule has 2 aromatic carbocycles. The molecule has 0 bridgehead atoms. The third-order valence-corrected chi connectivity index (χ3v) is 4.05. The lowest BCUT2D eigenvalue weighted by Crippen LogP contribution is -2.08. The second kappa shape index (κ2) is 7.53. The summed E-state index contributed by atoms with van der Waals surface area (Å²) >= 11 is 6.12. The van der Waals surface area contributed by atoms with Crippen LogP contribution in [0.2, 0.25) is 5.02 Å². The predicted octanol–water partition coefficient (Wildman–Crippen LogP) is 3.73. The summed E-state index contributed by atoms with van der Waals surface area (Å²) < 4.78 is 24.7. The zero-order valence-electron chi connectivity index (χ0n) is 14.1. The highest BCUT2D eigenvalue weighted by molar-refractivity contribution is 6.32. The Bertz CT molecular complexity index is 941. The summed E-state index contributed by atoms with van der Waals surface area (Å²) in [6.07, 6.45) is 0. The van der Waals surface area contributed by atoms with Gasteiger partial charge in [0.05, 0.1) is 23.5 Å². The fraction of sp³-hybridized carbons (Fsp3) is 0.167. The molecule has 0 fully saturated rings. The quantitative estimate of drug-likeness (QED) is 0.636. The standard InChI is InChI=1S/C18H15ClFN3O3/c1-11-17(18(24)26-10-12-3-5-13(20)6-4-12)21-22-23(11)14-7-8-16(25-2)15(19)9-14/h3-9H,10H2,1-2H3. The molecule has 0 amide bonds. The van der Waals surface area contributed by atoms with E-state index < -0.39 is 5.97 Å². The number of hydrogen-bond donors (Lipinski definition) is 0. The average molecular weight is 376 g/mol. The lowest BCUT2D eigenvalue weighted by molar-refractivity contribution is 0.0464. The van der Waals surface area contributed by atoms with Crippen molar-refractivity contribution in [2.24, 2.45) is 0 Å². The summed E-state index contributed by atoms with van der Waals surface area (Å²) in [7, 11) is 1.52. The van der Waals surface area contributed by atoms with Crippen molar-refractivity contribution in [1.29, 1.82) is 0 Å². The number of nitrogens with zero attached hydrogens (tertiary/aromatic N) is 3. The first-order chi connectivity index (χ1) is 12.5. The Morgan fingerprint density at radius 3 is 2.62 bits per heavy atom. The van der Waals surface area contributed by atoms with Crippen LogP contribution in [0.3, 0.4) is 0 Å². The first kappa shape index (κ1) is 17.9. The number of halogens is 2. The van der Waals surface area contributed by atoms with E-state index in [0.29, 0.717) is 27.7 Å². The number of benzene rings is 2. The van der Waals surface area contributed by atoms with Gasteiger partial charge in [-0.05, 0) is 42.8 Å². The van der Waals surface area contributed by atoms with E-state index in [-0.39, 0.29) is 18.1 Å². The number of esters is 1. The summed E-state index contributed by atoms with van der Waals surface area (Å²) in [4.78, 5) is 12.3. The van der Waals surface area contributed by atoms with Crippen LogP contribution >= 0.6 is 11.6 Å². The fourth-order valence-electron chi connectivity index (χ4n) is 2.35. The molecule has 1 aromatic heterocycles. The van der Waals surface area contributed by atoms with Crippen LogP contribution < -0.4 is 4.74 Å². The SMILES string of the molecule is COc1ccc(-n2nnc(C(=O)OCc3ccc(F)cc3)c2C)cc1Cl. The minimum atomic E-state index is -0.613. The van der Waals surface area contributed by atoms with Crippen molar-refractivity contribution in [3.05, 3.63) is 70.3 Å². The summed E-state index contributed by atoms with van der Waals surface area (Å²) in [5.74, 6) is -0.429. The fourth-order valence-corrected chi connectivity index (χ4v) is 2.60. The number of ether oxygens (including phenoxy) is 2. The molecule has 0 aliphatic carbocycles. The molecule has 0 aliphatic heterocycles. The normalized spacial score (nSPS) is 10.6. The van der Waals surface area contributed by atoms with Crippen molar-refractivity contribution in [3.8, 4) is 11.4 Å². The molecule has 8 heteroatoms. The summed E-state index contributed by atoms with van der Waals surface area (Å²) in [6, 6.07) is 10.8. The van der Waals surface area contributed by atoms with Gasteiger partial charge in [-0.2, -0.15) is 0 Å². The van der Waals surface area contributed by atoms with Crippen LogP contribution in [-0.2, 0) is 11.3 Å². The second-order valence-electron chi connectivity index (χ2n) is 5.46. The van der Waals surface area contributed by atoms with Gasteiger partial charge in [-0.1, -0.05) is 28.9 Å². The number of hydrogen-bond acceptors (Lipinski definition) is 5. The maximum atomic E-state index is 12.9. The summed E-state index contributed by atoms with van der Waals surface area (Å²) in [6.45, 7) is 1.71. The molecule has 1 heterocycles. The monoisotopic (exact) mass is 375 g/mol. The first-order valence-electron chi connectivity index (χ1n) is 7.67. The predicted molar refractivity (Wildman–Crippen MR) is 93.2 cm³/mol. The Labute approximate surface area is 154 Å². The number of carbonyl (C=O) groups is 1. The molecule has 0 unspecified atom stereocenters. The second-order valence-corrected chi connectivity index (χ2v) is 5.86. The maximum absolute atomic E-state index is 12.9. The van der Waals surface area contributed by atoms with Crippen LogP contribution in [-0.4, -0.2) is 28.1 Å². The van der Waals surface area contributed by atoms with Crippen LogP contribution in [0.25, 0.3) is 5.69 Å². The van der Waals surface area contributed by atoms with E-state index in [0.717, 1.165) is 0 Å². The smallest absolute Gasteiger partial charge is 0.361 e. The van der Waals surface area contributed by atoms with E-state index in [4.69, 9.17) is 21.1 Å². The van der Waals surface area contributed by atoms with Crippen LogP contribution in [0.4, 0.5) is 4.39 Å². The van der Waals surface area contributed by atoms with Gasteiger partial charge in [0.15, 0.2) is 5.69 Å². The van der Waals surface area contributed by atoms with E-state index in [1.165, 1.54) is 23.9 Å². The van der Waals surface area contributed by atoms with Crippen molar-refractivity contribution in [2.75, 3.05) is 7.11 Å². The summed E-state index contributed by atoms with van der Waals surface area (Å²) in [5, 5.41) is 8.30. The molecule has 0 saturated heterocycles. The lowest BCUT2D eigenvalue weighted by atomic mass is 10.2. The molecule has 3 aromatic rings. The average Bonchev–Trinajstić information content (AvgIpc) is 3.02. The molecule has 3 rings (SSSR count). The van der Waals surface area contributed by atoms with Gasteiger partial charge in [0.25, 0.3) is 0 Å². The molecule has 0 saturated carbocycles. The Balaban J connectivity index is 1.76. The highest BCUT2D eigenvalue weighted by Gasteiger charge is 2.19. The van der Waals surface area contributed by atoms with Gasteiger partial charge >= 0.3 is 5.97 Å². The topological polar surface area (TPSA) is 66.2 Å². The molecule has 0 radical (unpaired) electrons. The van der Waals surface area contributed by atoms with Crippen molar-refractivity contribution >= 4 is 17.6 Å². The third kappa shape index (κ3) is 3.67. The Morgan fingerprint density at radius 2 is 1.96 bits per heavy atom. The first-order valence-corrected chi connectivity index (χ1v) is 8.05. The van der Waals surface area contributed by atoms with Gasteiger partial charge < -0.3 is 9.47 Å². The Hall–Kier alpha value is -2.93. The van der Waals surface area contributed by atoms with Gasteiger partial charge in [-0.3, -0.25) is 0 Å². The van der Waals surface area contributed by atoms with E-state index in [1.54, 1.807) is 37.3 Å². The number of methoxy groups -OCH3 is 1. The zero-order valence-corrected chi connectivity index (χ0v) is 14.8. The van der Waals surface area contributed by atoms with Crippen LogP contribution in [0.5, 0.6) is 5.75 Å². The van der Waals surface area contributed by atoms with E-state index >= 15 is 0 Å². The molecular weight excluding hydrogens is 361 g/mol. The van der Waals surface area contributed by atoms with Gasteiger partial charge in [0.2, 0.25) is 0 Å². The van der Waals surface area contributed by atoms with Crippen molar-refractivity contribution < 1.29 is 18.7 Å². The largest absolute Gasteiger partial charge is 0.495 e. The molecule has 6 nitrogen and oxygen atoms in total. The highest BCUT2D eigenvalue weighted by atomic mass is 35.5. The van der Waals surface area contributed by atoms with Crippen LogP contribution in [0.1, 0.15) is 21.7 Å². The number of aromatic nitrogens is 3. The molecule has 0 N–H and O–H groups in total. The van der Waals surface area contributed by atoms with Gasteiger partial charge in [0.1, 0.15) is 18.2 Å². The molecule has 26 heavy (non-hydrogen) atoms. The van der Waals surface area contributed by atoms with E-state index in [2.05, 4.69) is 10.3 Å². The highest BCUT2D eigenvalue weighted by Crippen LogP contribution is 2.27. The molecule has 134 valence electrons. The molecule has 0 atom stereocenters. The van der Waals surface area contributed by atoms with E-state index in [9.17, 15) is 9.18 Å². The van der Waals surface area contributed by atoms with Gasteiger partial charge in [-0.25, -0.2) is 13.9 Å². The summed E-state index contributed by atoms with van der Waals surface area (Å²) in [5.41, 5.74) is 1.92. The minimum absolute atomic E-state index is 0.0137. The van der Waals surface area contributed by atoms with E-state index in [1.807, 2.05) is 0 Å². The van der Waals surface area contributed by atoms with Crippen molar-refractivity contribution in [2.45, 2.75) is 13.5 Å². The Morgan fingerprint density at radius 1 is 1.23 bits per heavy atom. The van der Waals surface area contributed by atoms with Crippen molar-refractivity contribution in [3.63, 3.8) is 0 Å². The van der Waals surface area contributed by atoms with Crippen molar-refractivity contribution in [1.82, 2.24) is 15.0 Å². The third-order valence-electron chi connectivity index (χ3n) is 3.75.